The molecule has 0 aromatic heterocycles. The molecule has 0 fully saturated rings. The van der Waals surface area contributed by atoms with Crippen LogP contribution in [0.1, 0.15) is 0 Å². The van der Waals surface area contributed by atoms with Crippen molar-refractivity contribution in [1.29, 1.82) is 5.26 Å². The van der Waals surface area contributed by atoms with Gasteiger partial charge in [-0.25, -0.2) is 0 Å². The summed E-state index contributed by atoms with van der Waals surface area (Å²) in [4.78, 5) is 0. The molecule has 0 N–H and O–H groups in total. The predicted molar refractivity (Wildman–Crippen MR) is 42.4 cm³/mol. The summed E-state index contributed by atoms with van der Waals surface area (Å²) in [6.07, 6.45) is 6.08. The maximum Gasteiger partial charge on any atom is 0.0976 e. The number of hydrogen-bond acceptors (Lipinski definition) is 1. The van der Waals surface area contributed by atoms with Crippen LogP contribution in [0.4, 0.5) is 0 Å². The molecule has 1 aliphatic rings. The second-order valence-electron chi connectivity index (χ2n) is 1.64. The van der Waals surface area contributed by atoms with Crippen molar-refractivity contribution in [1.82, 2.24) is 0 Å². The Bertz CT molecular complexity index is 218. The van der Waals surface area contributed by atoms with Gasteiger partial charge < -0.3 is 0 Å². The molecule has 1 aliphatic heterocycles. The first kappa shape index (κ1) is 6.31. The van der Waals surface area contributed by atoms with E-state index in [4.69, 9.17) is 5.26 Å². The summed E-state index contributed by atoms with van der Waals surface area (Å²) in [7, 11) is 0.102. The molecule has 0 aliphatic carbocycles. The van der Waals surface area contributed by atoms with Crippen molar-refractivity contribution >= 4 is 15.9 Å². The molecule has 9 heavy (non-hydrogen) atoms. The van der Waals surface area contributed by atoms with Crippen LogP contribution in [0.2, 0.25) is 0 Å². The van der Waals surface area contributed by atoms with E-state index in [9.17, 15) is 0 Å². The summed E-state index contributed by atoms with van der Waals surface area (Å²) in [5.74, 6) is 1.00. The van der Waals surface area contributed by atoms with Gasteiger partial charge in [-0.15, -0.1) is 10.5 Å². The second kappa shape index (κ2) is 3.26. The van der Waals surface area contributed by atoms with Crippen molar-refractivity contribution in [3.05, 3.63) is 23.6 Å². The molecule has 1 heterocycles. The average molecular weight is 137 g/mol. The lowest BCUT2D eigenvalue weighted by molar-refractivity contribution is 1.56. The van der Waals surface area contributed by atoms with Gasteiger partial charge in [-0.3, -0.25) is 0 Å². The van der Waals surface area contributed by atoms with Crippen LogP contribution >= 0.6 is 10.5 Å². The first-order valence-electron chi connectivity index (χ1n) is 2.68. The Morgan fingerprint density at radius 1 is 1.56 bits per heavy atom. The Balaban J connectivity index is 2.69. The van der Waals surface area contributed by atoms with Crippen LogP contribution in [0.15, 0.2) is 23.6 Å². The molecular formula is C7H7NS. The highest BCUT2D eigenvalue weighted by atomic mass is 32.2. The molecule has 0 spiro atoms. The summed E-state index contributed by atoms with van der Waals surface area (Å²) < 4.78 is 0. The van der Waals surface area contributed by atoms with Crippen molar-refractivity contribution in [3.8, 4) is 6.07 Å². The van der Waals surface area contributed by atoms with Crippen molar-refractivity contribution in [3.63, 3.8) is 0 Å². The fraction of sp³-hybridized carbons (Fsp3) is 0.143. The van der Waals surface area contributed by atoms with Crippen molar-refractivity contribution < 1.29 is 0 Å². The third-order valence-corrected chi connectivity index (χ3v) is 2.49. The first-order chi connectivity index (χ1) is 4.43. The van der Waals surface area contributed by atoms with E-state index in [1.165, 1.54) is 0 Å². The summed E-state index contributed by atoms with van der Waals surface area (Å²) in [5, 5.41) is 12.0. The molecule has 1 nitrogen and oxygen atoms in total. The number of allylic oxidation sites excluding steroid dienone is 2. The van der Waals surface area contributed by atoms with E-state index in [1.54, 1.807) is 5.37 Å². The molecule has 2 heteroatoms. The summed E-state index contributed by atoms with van der Waals surface area (Å²) in [5.41, 5.74) is 0. The maximum atomic E-state index is 8.26. The Hall–Kier alpha value is -0.810. The van der Waals surface area contributed by atoms with Crippen molar-refractivity contribution in [2.24, 2.45) is 0 Å². The van der Waals surface area contributed by atoms with Crippen LogP contribution in [0, 0.1) is 11.3 Å². The summed E-state index contributed by atoms with van der Waals surface area (Å²) in [6, 6.07) is 2.04. The minimum Gasteiger partial charge on any atom is -0.193 e. The topological polar surface area (TPSA) is 23.8 Å². The largest absolute Gasteiger partial charge is 0.193 e. The molecular weight excluding hydrogens is 130 g/mol. The zero-order valence-electron chi connectivity index (χ0n) is 4.95. The van der Waals surface area contributed by atoms with E-state index in [1.807, 2.05) is 18.2 Å². The van der Waals surface area contributed by atoms with Gasteiger partial charge in [-0.1, -0.05) is 18.2 Å². The Morgan fingerprint density at radius 3 is 3.00 bits per heavy atom. The molecule has 0 aromatic rings. The molecule has 0 amide bonds. The van der Waals surface area contributed by atoms with E-state index >= 15 is 0 Å². The molecule has 1 rings (SSSR count). The second-order valence-corrected chi connectivity index (χ2v) is 3.42. The normalized spacial score (nSPS) is 24.1. The van der Waals surface area contributed by atoms with Gasteiger partial charge in [0.25, 0.3) is 0 Å². The fourth-order valence-electron chi connectivity index (χ4n) is 0.602. The molecule has 46 valence electrons. The number of rotatable bonds is 0. The lowest BCUT2D eigenvalue weighted by Gasteiger charge is -1.98. The number of nitrogens with zero attached hydrogens (tertiary/aromatic N) is 1. The van der Waals surface area contributed by atoms with Crippen LogP contribution in [0.3, 0.4) is 0 Å². The molecule has 0 aromatic carbocycles. The lowest BCUT2D eigenvalue weighted by atomic mass is 10.5. The summed E-state index contributed by atoms with van der Waals surface area (Å²) >= 11 is 0. The Morgan fingerprint density at radius 2 is 2.44 bits per heavy atom. The van der Waals surface area contributed by atoms with E-state index in [0.717, 1.165) is 5.75 Å². The fourth-order valence-corrected chi connectivity index (χ4v) is 1.65. The minimum atomic E-state index is 0.102. The van der Waals surface area contributed by atoms with Gasteiger partial charge in [0.05, 0.1) is 6.07 Å². The van der Waals surface area contributed by atoms with Gasteiger partial charge in [0.15, 0.2) is 0 Å². The summed E-state index contributed by atoms with van der Waals surface area (Å²) in [6.45, 7) is 0. The van der Waals surface area contributed by atoms with E-state index in [2.05, 4.69) is 11.5 Å². The van der Waals surface area contributed by atoms with E-state index in [0.29, 0.717) is 0 Å². The zero-order chi connectivity index (χ0) is 6.53. The predicted octanol–water partition coefficient (Wildman–Crippen LogP) is 1.66. The Kier molecular flexibility index (Phi) is 2.29. The minimum absolute atomic E-state index is 0.102. The molecule has 0 saturated heterocycles. The average Bonchev–Trinajstić information content (AvgIpc) is 1.91. The highest BCUT2D eigenvalue weighted by Gasteiger charge is 1.87. The molecule has 0 saturated carbocycles. The quantitative estimate of drug-likeness (QED) is 0.466. The smallest absolute Gasteiger partial charge is 0.0976 e. The highest BCUT2D eigenvalue weighted by Crippen LogP contribution is 2.16. The third kappa shape index (κ3) is 1.87. The molecule has 1 unspecified atom stereocenters. The number of hydrogen-bond donors (Lipinski definition) is 0. The SMILES string of the molecule is N#CC=S1C=CC=CC1. The van der Waals surface area contributed by atoms with Crippen LogP contribution in [-0.2, 0) is 0 Å². The van der Waals surface area contributed by atoms with Crippen LogP contribution in [0.5, 0.6) is 0 Å². The Labute approximate surface area is 57.2 Å². The van der Waals surface area contributed by atoms with Crippen LogP contribution in [0.25, 0.3) is 0 Å². The highest BCUT2D eigenvalue weighted by molar-refractivity contribution is 8.17. The van der Waals surface area contributed by atoms with Crippen molar-refractivity contribution in [2.45, 2.75) is 0 Å². The van der Waals surface area contributed by atoms with Gasteiger partial charge in [0, 0.05) is 11.1 Å². The maximum absolute atomic E-state index is 8.26. The standard InChI is InChI=1S/C7H7NS/c8-4-7-9-5-2-1-3-6-9/h1-3,5,7H,6H2. The van der Waals surface area contributed by atoms with E-state index in [-0.39, 0.29) is 10.5 Å². The lowest BCUT2D eigenvalue weighted by Crippen LogP contribution is -1.78. The molecule has 0 radical (unpaired) electrons. The van der Waals surface area contributed by atoms with Gasteiger partial charge in [0.2, 0.25) is 0 Å². The van der Waals surface area contributed by atoms with Gasteiger partial charge in [-0.05, 0) is 5.41 Å². The third-order valence-electron chi connectivity index (χ3n) is 0.993. The monoisotopic (exact) mass is 137 g/mol. The van der Waals surface area contributed by atoms with Crippen LogP contribution < -0.4 is 0 Å². The van der Waals surface area contributed by atoms with Gasteiger partial charge >= 0.3 is 0 Å². The molecule has 0 bridgehead atoms. The zero-order valence-corrected chi connectivity index (χ0v) is 5.77. The van der Waals surface area contributed by atoms with Crippen LogP contribution in [-0.4, -0.2) is 11.1 Å². The van der Waals surface area contributed by atoms with Gasteiger partial charge in [0.1, 0.15) is 0 Å². The molecule has 1 atom stereocenters. The first-order valence-corrected chi connectivity index (χ1v) is 4.20. The van der Waals surface area contributed by atoms with Crippen molar-refractivity contribution in [2.75, 3.05) is 5.75 Å². The van der Waals surface area contributed by atoms with E-state index < -0.39 is 0 Å². The van der Waals surface area contributed by atoms with Gasteiger partial charge in [-0.2, -0.15) is 5.26 Å². The number of nitriles is 1.